The maximum Gasteiger partial charge on any atom is 0.235 e. The molecule has 0 fully saturated rings. The van der Waals surface area contributed by atoms with Crippen molar-refractivity contribution < 1.29 is 0 Å². The molecule has 0 spiro atoms. The minimum Gasteiger partial charge on any atom is -0.313 e. The van der Waals surface area contributed by atoms with Crippen molar-refractivity contribution in [1.82, 2.24) is 24.6 Å². The second-order valence-electron chi connectivity index (χ2n) is 4.00. The smallest absolute Gasteiger partial charge is 0.235 e. The van der Waals surface area contributed by atoms with E-state index in [9.17, 15) is 0 Å². The molecule has 3 aromatic heterocycles. The summed E-state index contributed by atoms with van der Waals surface area (Å²) in [7, 11) is 1.94. The Hall–Kier alpha value is -1.67. The van der Waals surface area contributed by atoms with Gasteiger partial charge in [0.05, 0.1) is 10.7 Å². The number of anilines is 2. The highest BCUT2D eigenvalue weighted by molar-refractivity contribution is 9.10. The summed E-state index contributed by atoms with van der Waals surface area (Å²) in [5.74, 6) is 0.705. The molecule has 102 valence electrons. The number of hydrogen-bond donors (Lipinski definition) is 0. The van der Waals surface area contributed by atoms with Crippen LogP contribution < -0.4 is 4.90 Å². The molecule has 20 heavy (non-hydrogen) atoms. The molecule has 0 atom stereocenters. The van der Waals surface area contributed by atoms with Crippen LogP contribution in [0.5, 0.6) is 0 Å². The first-order chi connectivity index (χ1) is 9.70. The summed E-state index contributed by atoms with van der Waals surface area (Å²) in [6.45, 7) is 0. The van der Waals surface area contributed by atoms with E-state index in [4.69, 9.17) is 0 Å². The zero-order valence-electron chi connectivity index (χ0n) is 10.9. The van der Waals surface area contributed by atoms with Crippen LogP contribution in [0.25, 0.3) is 5.65 Å². The molecule has 3 aromatic rings. The molecule has 0 aliphatic carbocycles. The molecule has 3 rings (SSSR count). The van der Waals surface area contributed by atoms with E-state index in [0.717, 1.165) is 15.8 Å². The Labute approximate surface area is 128 Å². The van der Waals surface area contributed by atoms with Crippen molar-refractivity contribution in [1.29, 1.82) is 0 Å². The number of halogens is 1. The Balaban J connectivity index is 2.19. The lowest BCUT2D eigenvalue weighted by atomic mass is 10.4. The van der Waals surface area contributed by atoms with Crippen molar-refractivity contribution in [3.05, 3.63) is 35.2 Å². The van der Waals surface area contributed by atoms with E-state index in [1.54, 1.807) is 23.1 Å². The molecule has 6 nitrogen and oxygen atoms in total. The van der Waals surface area contributed by atoms with Crippen molar-refractivity contribution in [3.8, 4) is 0 Å². The van der Waals surface area contributed by atoms with Crippen molar-refractivity contribution in [2.45, 2.75) is 5.16 Å². The van der Waals surface area contributed by atoms with Gasteiger partial charge in [-0.25, -0.2) is 4.98 Å². The molecule has 0 bridgehead atoms. The monoisotopic (exact) mass is 350 g/mol. The van der Waals surface area contributed by atoms with E-state index in [0.29, 0.717) is 11.1 Å². The third-order valence-corrected chi connectivity index (χ3v) is 3.93. The summed E-state index contributed by atoms with van der Waals surface area (Å²) in [4.78, 5) is 15.0. The van der Waals surface area contributed by atoms with Crippen LogP contribution in [-0.2, 0) is 0 Å². The van der Waals surface area contributed by atoms with Crippen molar-refractivity contribution in [3.63, 3.8) is 0 Å². The van der Waals surface area contributed by atoms with Crippen LogP contribution in [0.15, 0.2) is 40.4 Å². The average Bonchev–Trinajstić information content (AvgIpc) is 2.88. The Morgan fingerprint density at radius 2 is 2.00 bits per heavy atom. The molecule has 0 N–H and O–H groups in total. The van der Waals surface area contributed by atoms with E-state index >= 15 is 0 Å². The van der Waals surface area contributed by atoms with E-state index in [-0.39, 0.29) is 0 Å². The van der Waals surface area contributed by atoms with Crippen LogP contribution in [-0.4, -0.2) is 37.9 Å². The van der Waals surface area contributed by atoms with Crippen LogP contribution in [0.1, 0.15) is 0 Å². The summed E-state index contributed by atoms with van der Waals surface area (Å²) in [5.41, 5.74) is 1.74. The highest BCUT2D eigenvalue weighted by atomic mass is 79.9. The molecule has 3 heterocycles. The van der Waals surface area contributed by atoms with Crippen LogP contribution >= 0.6 is 27.7 Å². The number of pyridine rings is 1. The number of fused-ring (bicyclic) bond motifs is 1. The molecule has 0 unspecified atom stereocenters. The quantitative estimate of drug-likeness (QED) is 0.677. The number of thioether (sulfide) groups is 1. The highest BCUT2D eigenvalue weighted by Crippen LogP contribution is 2.26. The SMILES string of the molecule is CSc1nc(N(C)c2ccncc2)n2ncc(Br)c2n1. The fourth-order valence-corrected chi connectivity index (χ4v) is 2.51. The molecule has 0 aromatic carbocycles. The van der Waals surface area contributed by atoms with Gasteiger partial charge >= 0.3 is 0 Å². The topological polar surface area (TPSA) is 59.2 Å². The Morgan fingerprint density at radius 3 is 2.70 bits per heavy atom. The number of hydrogen-bond acceptors (Lipinski definition) is 6. The maximum atomic E-state index is 4.55. The number of rotatable bonds is 3. The summed E-state index contributed by atoms with van der Waals surface area (Å²) in [5, 5.41) is 5.02. The lowest BCUT2D eigenvalue weighted by molar-refractivity contribution is 0.816. The third kappa shape index (κ3) is 2.25. The predicted octanol–water partition coefficient (Wildman–Crippen LogP) is 2.77. The first kappa shape index (κ1) is 13.3. The van der Waals surface area contributed by atoms with E-state index in [1.165, 1.54) is 11.8 Å². The minimum atomic E-state index is 0.703. The number of nitrogens with zero attached hydrogens (tertiary/aromatic N) is 6. The summed E-state index contributed by atoms with van der Waals surface area (Å²) in [6.07, 6.45) is 7.17. The average molecular weight is 351 g/mol. The van der Waals surface area contributed by atoms with Crippen LogP contribution in [0.3, 0.4) is 0 Å². The lowest BCUT2D eigenvalue weighted by Crippen LogP contribution is -2.17. The maximum absolute atomic E-state index is 4.55. The van der Waals surface area contributed by atoms with Crippen molar-refractivity contribution >= 4 is 45.0 Å². The van der Waals surface area contributed by atoms with Gasteiger partial charge in [-0.15, -0.1) is 0 Å². The summed E-state index contributed by atoms with van der Waals surface area (Å²) >= 11 is 4.96. The summed E-state index contributed by atoms with van der Waals surface area (Å²) in [6, 6.07) is 3.84. The molecular weight excluding hydrogens is 340 g/mol. The molecular formula is C12H11BrN6S. The predicted molar refractivity (Wildman–Crippen MR) is 82.6 cm³/mol. The second-order valence-corrected chi connectivity index (χ2v) is 5.63. The van der Waals surface area contributed by atoms with E-state index in [1.807, 2.05) is 30.3 Å². The van der Waals surface area contributed by atoms with Crippen LogP contribution in [0.4, 0.5) is 11.6 Å². The Bertz CT molecular complexity index is 744. The van der Waals surface area contributed by atoms with Gasteiger partial charge in [-0.3, -0.25) is 4.98 Å². The van der Waals surface area contributed by atoms with Crippen molar-refractivity contribution in [2.75, 3.05) is 18.2 Å². The van der Waals surface area contributed by atoms with Crippen LogP contribution in [0.2, 0.25) is 0 Å². The van der Waals surface area contributed by atoms with Gasteiger partial charge in [0.25, 0.3) is 0 Å². The fraction of sp³-hybridized carbons (Fsp3) is 0.167. The van der Waals surface area contributed by atoms with E-state index in [2.05, 4.69) is 36.0 Å². The first-order valence-electron chi connectivity index (χ1n) is 5.79. The lowest BCUT2D eigenvalue weighted by Gasteiger charge is -2.18. The fourth-order valence-electron chi connectivity index (χ4n) is 1.81. The standard InChI is InChI=1S/C12H11BrN6S/c1-18(8-3-5-14-6-4-8)12-17-11(20-2)16-10-9(13)7-15-19(10)12/h3-7H,1-2H3. The van der Waals surface area contributed by atoms with Crippen LogP contribution in [0, 0.1) is 0 Å². The molecule has 0 amide bonds. The number of aromatic nitrogens is 5. The van der Waals surface area contributed by atoms with Crippen molar-refractivity contribution in [2.24, 2.45) is 0 Å². The molecule has 0 aliphatic heterocycles. The Morgan fingerprint density at radius 1 is 1.25 bits per heavy atom. The second kappa shape index (κ2) is 5.37. The largest absolute Gasteiger partial charge is 0.313 e. The van der Waals surface area contributed by atoms with Gasteiger partial charge in [-0.05, 0) is 34.3 Å². The normalized spacial score (nSPS) is 10.9. The molecule has 0 radical (unpaired) electrons. The molecule has 8 heteroatoms. The van der Waals surface area contributed by atoms with Gasteiger partial charge in [0.2, 0.25) is 5.95 Å². The zero-order valence-corrected chi connectivity index (χ0v) is 13.3. The van der Waals surface area contributed by atoms with Gasteiger partial charge in [0, 0.05) is 25.1 Å². The van der Waals surface area contributed by atoms with Gasteiger partial charge in [-0.2, -0.15) is 14.6 Å². The van der Waals surface area contributed by atoms with Gasteiger partial charge in [0.1, 0.15) is 0 Å². The highest BCUT2D eigenvalue weighted by Gasteiger charge is 2.15. The third-order valence-electron chi connectivity index (χ3n) is 2.82. The van der Waals surface area contributed by atoms with Gasteiger partial charge in [-0.1, -0.05) is 11.8 Å². The van der Waals surface area contributed by atoms with Gasteiger partial charge in [0.15, 0.2) is 10.8 Å². The van der Waals surface area contributed by atoms with E-state index < -0.39 is 0 Å². The molecule has 0 saturated heterocycles. The summed E-state index contributed by atoms with van der Waals surface area (Å²) < 4.78 is 2.56. The molecule has 0 aliphatic rings. The Kier molecular flexibility index (Phi) is 3.58. The van der Waals surface area contributed by atoms with Gasteiger partial charge < -0.3 is 4.90 Å². The minimum absolute atomic E-state index is 0.703. The first-order valence-corrected chi connectivity index (χ1v) is 7.81. The molecule has 0 saturated carbocycles. The zero-order chi connectivity index (χ0) is 14.1.